The average Bonchev–Trinajstić information content (AvgIpc) is 1.47. The van der Waals surface area contributed by atoms with Gasteiger partial charge in [-0.15, -0.1) is 0 Å². The van der Waals surface area contributed by atoms with Gasteiger partial charge in [-0.05, 0) is 22.5 Å². The van der Waals surface area contributed by atoms with E-state index in [2.05, 4.69) is 363 Å². The van der Waals surface area contributed by atoms with Crippen LogP contribution in [0.15, 0.2) is 329 Å². The Morgan fingerprint density at radius 1 is 0.322 bits per heavy atom. The number of aldehydes is 1. The first kappa shape index (κ1) is 81.2. The van der Waals surface area contributed by atoms with E-state index in [1.807, 2.05) is 12.1 Å². The molecule has 115 heavy (non-hydrogen) atoms. The van der Waals surface area contributed by atoms with Gasteiger partial charge in [-0.3, -0.25) is 9.59 Å². The Morgan fingerprint density at radius 2 is 0.643 bits per heavy atom. The summed E-state index contributed by atoms with van der Waals surface area (Å²) in [7, 11) is -6.61. The molecule has 0 atom stereocenters. The summed E-state index contributed by atoms with van der Waals surface area (Å²) in [5, 5.41) is 15.4. The van der Waals surface area contributed by atoms with Crippen LogP contribution in [0.3, 0.4) is 0 Å². The van der Waals surface area contributed by atoms with Gasteiger partial charge in [0.05, 0.1) is 6.42 Å². The number of Topliss-reactive ketones (excluding diaryl/α,β-unsaturated/α-hetero) is 4. The first-order chi connectivity index (χ1) is 55.7. The topological polar surface area (TPSA) is 107 Å². The quantitative estimate of drug-likeness (QED) is 0.0450. The molecule has 6 aliphatic rings. The first-order valence-corrected chi connectivity index (χ1v) is 60.2. The van der Waals surface area contributed by atoms with Crippen molar-refractivity contribution in [2.24, 2.45) is 0 Å². The third kappa shape index (κ3) is 16.5. The van der Waals surface area contributed by atoms with E-state index >= 15 is 0 Å². The summed E-state index contributed by atoms with van der Waals surface area (Å²) in [6, 6.07) is 106. The number of nitrogens with one attached hydrogen (secondary N) is 1. The van der Waals surface area contributed by atoms with Crippen molar-refractivity contribution in [3.63, 3.8) is 0 Å². The molecule has 0 saturated heterocycles. The van der Waals surface area contributed by atoms with Gasteiger partial charge in [-0.25, -0.2) is 0 Å². The van der Waals surface area contributed by atoms with E-state index in [-0.39, 0.29) is 64.1 Å². The maximum absolute atomic E-state index is 12.8. The second-order valence-corrected chi connectivity index (χ2v) is 60.6. The summed E-state index contributed by atoms with van der Waals surface area (Å²) >= 11 is 4.25. The van der Waals surface area contributed by atoms with Crippen LogP contribution in [0, 0.1) is 2.44 Å². The van der Waals surface area contributed by atoms with Crippen LogP contribution in [0.4, 0.5) is 59.2 Å². The van der Waals surface area contributed by atoms with Gasteiger partial charge in [0, 0.05) is 22.5 Å². The van der Waals surface area contributed by atoms with Crippen LogP contribution in [0.5, 0.6) is 0 Å². The molecule has 21 rings (SSSR count). The van der Waals surface area contributed by atoms with Crippen molar-refractivity contribution in [3.8, 4) is 0 Å². The number of benzene rings is 10. The average molecular weight is 2010 g/mol. The number of hydrogen-bond donors (Lipinski definition) is 1. The number of carbonyl (C=O) groups excluding carboxylic acids is 5. The van der Waals surface area contributed by atoms with E-state index in [1.165, 1.54) is 92.7 Å². The van der Waals surface area contributed by atoms with E-state index in [4.69, 9.17) is 0 Å². The van der Waals surface area contributed by atoms with Crippen LogP contribution < -0.4 is 61.5 Å². The van der Waals surface area contributed by atoms with Crippen LogP contribution in [0.1, 0.15) is 61.5 Å². The van der Waals surface area contributed by atoms with E-state index in [0.717, 1.165) is 15.2 Å². The van der Waals surface area contributed by atoms with Crippen molar-refractivity contribution in [3.05, 3.63) is 362 Å². The van der Waals surface area contributed by atoms with Crippen LogP contribution >= 0.6 is 22.6 Å². The molecular weight excluding hydrogens is 1920 g/mol. The van der Waals surface area contributed by atoms with Crippen molar-refractivity contribution in [2.45, 2.75) is 58.8 Å². The number of halogens is 1. The minimum absolute atomic E-state index is 0.0222. The fourth-order valence-corrected chi connectivity index (χ4v) is 36.3. The van der Waals surface area contributed by atoms with Gasteiger partial charge in [-0.2, -0.15) is 0 Å². The van der Waals surface area contributed by atoms with E-state index in [1.54, 1.807) is 58.9 Å². The molecule has 0 bridgehead atoms. The molecule has 0 fully saturated rings. The normalized spacial score (nSPS) is 14.8. The van der Waals surface area contributed by atoms with Crippen LogP contribution in [0.25, 0.3) is 6.08 Å². The molecule has 2 aliphatic carbocycles. The Hall–Kier alpha value is -8.92. The van der Waals surface area contributed by atoms with Gasteiger partial charge < -0.3 is 5.32 Å². The predicted octanol–water partition coefficient (Wildman–Crippen LogP) is 17.4. The zero-order chi connectivity index (χ0) is 80.2. The number of fused-ring (bicyclic) bond motifs is 10. The Labute approximate surface area is 721 Å². The molecule has 570 valence electrons. The van der Waals surface area contributed by atoms with E-state index < -0.39 is 32.3 Å². The number of nitrogens with zero attached hydrogens (tertiary/aromatic N) is 3. The third-order valence-electron chi connectivity index (χ3n) is 21.8. The molecule has 9 nitrogen and oxygen atoms in total. The number of para-hydroxylation sites is 8. The fourth-order valence-electron chi connectivity index (χ4n) is 16.1. The van der Waals surface area contributed by atoms with Gasteiger partial charge in [0.25, 0.3) is 0 Å². The first-order valence-electron chi connectivity index (χ1n) is 38.0. The summed E-state index contributed by atoms with van der Waals surface area (Å²) in [6.45, 7) is 19.5. The summed E-state index contributed by atoms with van der Waals surface area (Å²) in [6.07, 6.45) is 2.86. The molecule has 19 heteroatoms. The van der Waals surface area contributed by atoms with Crippen LogP contribution in [-0.4, -0.2) is 134 Å². The number of ketones is 4. The minimum atomic E-state index is -1.81. The molecule has 10 aromatic carbocycles. The molecule has 1 N–H and O–H groups in total. The Morgan fingerprint density at radius 3 is 0.974 bits per heavy atom. The zero-order valence-corrected chi connectivity index (χ0v) is 79.6. The molecule has 0 amide bonds. The van der Waals surface area contributed by atoms with E-state index in [9.17, 15) is 24.0 Å². The number of carbonyl (C=O) groups is 5. The van der Waals surface area contributed by atoms with Crippen molar-refractivity contribution >= 4 is 264 Å². The molecule has 9 heterocycles. The Kier molecular flexibility index (Phi) is 24.8. The number of anilines is 11. The fraction of sp³-hybridized carbons (Fsp3) is 0.0938. The van der Waals surface area contributed by atoms with Gasteiger partial charge in [0.15, 0.2) is 11.6 Å². The van der Waals surface area contributed by atoms with E-state index in [0.29, 0.717) is 65.8 Å². The second-order valence-electron chi connectivity index (χ2n) is 30.3. The molecule has 15 aromatic rings. The van der Waals surface area contributed by atoms with Crippen molar-refractivity contribution < 1.29 is 24.0 Å². The van der Waals surface area contributed by atoms with Crippen LogP contribution in [0.2, 0.25) is 52.4 Å². The summed E-state index contributed by atoms with van der Waals surface area (Å²) in [5.74, 6) is -0.430. The van der Waals surface area contributed by atoms with Crippen molar-refractivity contribution in [1.29, 1.82) is 0 Å². The van der Waals surface area contributed by atoms with Gasteiger partial charge >= 0.3 is 569 Å². The number of rotatable bonds is 5. The standard InChI is InChI=1S/C28H21NO2SeSi.C19H17NOSeSi.C18H17NSeSi.C14H15NSi.C9H6O2.C4H3ISe.C4H4Se/c1-33(2)24-13-7-5-11-22(24)29(23-12-6-8-14-25(23)33)26-16-15-18(32-26)17-21-27(30)19-9-3-4-10-20(19)28(21)31;1-23(2)17-9-5-3-7-15(17)20(16-8-4-6-10-18(16)23)19-12-11-14(13-21)22-19;1-21(2)16-10-5-3-8-14(16)19(18-12-7-13-20-18)15-9-4-6-11-17(15)21;1-16(2)13-9-5-3-7-11(13)15-12-8-4-6-10-14(12)16;10-8-5-9(11)7-4-2-1-3-6(7)8;5-4-2-1-3-6-4;1-2-4-5-3-1/h3-17H,1-2H3;3-13H,1-2H3;3-13H,1-2H3;3-10,15H,1-2H3;1-4H,5H2;1-3H;1-4H. The summed E-state index contributed by atoms with van der Waals surface area (Å²) in [5.41, 5.74) is 12.9. The molecule has 0 spiro atoms. The summed E-state index contributed by atoms with van der Waals surface area (Å²) < 4.78 is 7.34. The number of hydrogen-bond acceptors (Lipinski definition) is 9. The Balaban J connectivity index is 0.000000113. The molecule has 0 radical (unpaired) electrons. The molecule has 0 unspecified atom stereocenters. The zero-order valence-electron chi connectivity index (χ0n) is 64.8. The molecular formula is C96H83IN4O5Se5Si4. The SMILES string of the molecule is C[Si]1(C)c2ccccc2N(c2ccc(C=C3C(=O)c4ccccc4C3=O)[se]2)c2ccccc21.C[Si]1(C)c2ccccc2N(c2ccc(C=O)[se]2)c2ccccc21.C[Si]1(C)c2ccccc2N(c2ccc[se]2)c2ccccc21.C[Si]1(C)c2ccccc2Nc2ccccc21.Ic1ccc[se]1.O=C1CC(=O)c2ccccc21.c1cc[se]c1. The monoisotopic (exact) mass is 2010 g/mol. The second kappa shape index (κ2) is 35.1. The summed E-state index contributed by atoms with van der Waals surface area (Å²) in [4.78, 5) is 75.1. The predicted molar refractivity (Wildman–Crippen MR) is 505 cm³/mol. The van der Waals surface area contributed by atoms with Gasteiger partial charge in [0.2, 0.25) is 0 Å². The molecule has 4 aliphatic heterocycles. The van der Waals surface area contributed by atoms with Crippen molar-refractivity contribution in [1.82, 2.24) is 0 Å². The molecule has 5 aromatic heterocycles. The van der Waals surface area contributed by atoms with Gasteiger partial charge in [0.1, 0.15) is 8.07 Å². The third-order valence-corrected chi connectivity index (χ3v) is 46.4. The van der Waals surface area contributed by atoms with Gasteiger partial charge in [-0.1, -0.05) is 73.8 Å². The Bertz CT molecular complexity index is 5860. The number of allylic oxidation sites excluding steroid dienone is 1. The maximum atomic E-state index is 12.8. The molecule has 0 saturated carbocycles. The van der Waals surface area contributed by atoms with Crippen LogP contribution in [-0.2, 0) is 0 Å². The van der Waals surface area contributed by atoms with Crippen molar-refractivity contribution in [2.75, 3.05) is 20.0 Å².